The van der Waals surface area contributed by atoms with Crippen LogP contribution in [-0.4, -0.2) is 59.0 Å². The Morgan fingerprint density at radius 3 is 2.33 bits per heavy atom. The summed E-state index contributed by atoms with van der Waals surface area (Å²) in [7, 11) is 0. The highest BCUT2D eigenvalue weighted by Gasteiger charge is 2.27. The number of rotatable bonds is 4. The summed E-state index contributed by atoms with van der Waals surface area (Å²) in [5.74, 6) is -1.04. The van der Waals surface area contributed by atoms with Crippen LogP contribution in [0.3, 0.4) is 0 Å². The topological polar surface area (TPSA) is 90.7 Å². The molecule has 0 aliphatic carbocycles. The van der Waals surface area contributed by atoms with E-state index < -0.39 is 12.1 Å². The molecule has 8 heteroatoms. The Kier molecular flexibility index (Phi) is 5.58. The number of benzene rings is 2. The van der Waals surface area contributed by atoms with Gasteiger partial charge in [-0.2, -0.15) is 9.78 Å². The Hall–Kier alpha value is -3.52. The van der Waals surface area contributed by atoms with Crippen LogP contribution < -0.4 is 5.56 Å². The van der Waals surface area contributed by atoms with E-state index in [1.54, 1.807) is 53.4 Å². The van der Waals surface area contributed by atoms with Gasteiger partial charge in [0.2, 0.25) is 0 Å². The van der Waals surface area contributed by atoms with Gasteiger partial charge in [0.05, 0.1) is 24.3 Å². The van der Waals surface area contributed by atoms with Crippen LogP contribution in [0.1, 0.15) is 17.4 Å². The van der Waals surface area contributed by atoms with Gasteiger partial charge in [-0.25, -0.2) is 4.79 Å². The molecule has 2 heterocycles. The van der Waals surface area contributed by atoms with E-state index in [1.165, 1.54) is 11.6 Å². The Morgan fingerprint density at radius 1 is 1.00 bits per heavy atom. The molecule has 0 spiro atoms. The Morgan fingerprint density at radius 2 is 1.63 bits per heavy atom. The molecule has 8 nitrogen and oxygen atoms in total. The zero-order chi connectivity index (χ0) is 21.1. The number of morpholine rings is 1. The molecular weight excluding hydrogens is 386 g/mol. The van der Waals surface area contributed by atoms with Gasteiger partial charge in [-0.1, -0.05) is 36.4 Å². The van der Waals surface area contributed by atoms with Crippen molar-refractivity contribution >= 4 is 22.6 Å². The minimum Gasteiger partial charge on any atom is -0.448 e. The summed E-state index contributed by atoms with van der Waals surface area (Å²) in [5, 5.41) is 5.00. The van der Waals surface area contributed by atoms with Gasteiger partial charge in [0.15, 0.2) is 11.8 Å². The number of aromatic nitrogens is 2. The van der Waals surface area contributed by atoms with Crippen LogP contribution in [0.5, 0.6) is 0 Å². The summed E-state index contributed by atoms with van der Waals surface area (Å²) in [6.45, 7) is 3.37. The van der Waals surface area contributed by atoms with Gasteiger partial charge >= 0.3 is 5.97 Å². The van der Waals surface area contributed by atoms with Crippen molar-refractivity contribution in [1.29, 1.82) is 0 Å². The molecule has 1 amide bonds. The van der Waals surface area contributed by atoms with Crippen LogP contribution in [-0.2, 0) is 14.3 Å². The summed E-state index contributed by atoms with van der Waals surface area (Å²) < 4.78 is 11.9. The third-order valence-electron chi connectivity index (χ3n) is 4.95. The quantitative estimate of drug-likeness (QED) is 0.613. The number of carbonyl (C=O) groups is 2. The monoisotopic (exact) mass is 407 g/mol. The molecule has 0 saturated carbocycles. The molecule has 2 aromatic carbocycles. The number of esters is 1. The Balaban J connectivity index is 1.69. The predicted octanol–water partition coefficient (Wildman–Crippen LogP) is 1.79. The summed E-state index contributed by atoms with van der Waals surface area (Å²) in [4.78, 5) is 40.1. The Bertz CT molecular complexity index is 1140. The number of amides is 1. The van der Waals surface area contributed by atoms with E-state index in [9.17, 15) is 14.4 Å². The zero-order valence-corrected chi connectivity index (χ0v) is 16.5. The number of ether oxygens (including phenoxy) is 2. The second-order valence-electron chi connectivity index (χ2n) is 6.93. The lowest BCUT2D eigenvalue weighted by atomic mass is 10.1. The summed E-state index contributed by atoms with van der Waals surface area (Å²) in [5.41, 5.74) is 0.168. The fourth-order valence-corrected chi connectivity index (χ4v) is 3.39. The van der Waals surface area contributed by atoms with Gasteiger partial charge in [-0.05, 0) is 25.1 Å². The predicted molar refractivity (Wildman–Crippen MR) is 110 cm³/mol. The second kappa shape index (κ2) is 8.46. The summed E-state index contributed by atoms with van der Waals surface area (Å²) in [6, 6.07) is 15.5. The van der Waals surface area contributed by atoms with Gasteiger partial charge < -0.3 is 14.4 Å². The molecule has 1 saturated heterocycles. The highest BCUT2D eigenvalue weighted by atomic mass is 16.5. The molecule has 1 atom stereocenters. The molecule has 0 N–H and O–H groups in total. The maximum atomic E-state index is 13.0. The summed E-state index contributed by atoms with van der Waals surface area (Å²) in [6.07, 6.45) is -0.978. The zero-order valence-electron chi connectivity index (χ0n) is 16.5. The molecule has 154 valence electrons. The van der Waals surface area contributed by atoms with Gasteiger partial charge in [0, 0.05) is 18.5 Å². The fraction of sp³-hybridized carbons (Fsp3) is 0.273. The largest absolute Gasteiger partial charge is 0.448 e. The normalized spacial score (nSPS) is 15.0. The van der Waals surface area contributed by atoms with Crippen LogP contribution in [0.2, 0.25) is 0 Å². The van der Waals surface area contributed by atoms with E-state index in [0.717, 1.165) is 0 Å². The maximum Gasteiger partial charge on any atom is 0.360 e. The van der Waals surface area contributed by atoms with Crippen molar-refractivity contribution in [1.82, 2.24) is 14.7 Å². The van der Waals surface area contributed by atoms with Crippen LogP contribution in [0.4, 0.5) is 0 Å². The fourth-order valence-electron chi connectivity index (χ4n) is 3.39. The van der Waals surface area contributed by atoms with Crippen molar-refractivity contribution in [2.75, 3.05) is 26.3 Å². The lowest BCUT2D eigenvalue weighted by Gasteiger charge is -2.28. The van der Waals surface area contributed by atoms with E-state index in [0.29, 0.717) is 42.8 Å². The van der Waals surface area contributed by atoms with Crippen molar-refractivity contribution in [3.63, 3.8) is 0 Å². The first-order chi connectivity index (χ1) is 14.6. The number of carbonyl (C=O) groups excluding carboxylic acids is 2. The van der Waals surface area contributed by atoms with E-state index >= 15 is 0 Å². The standard InChI is InChI=1S/C22H21N3O5/c1-15(20(26)24-11-13-29-14-12-24)30-22(28)19-17-9-5-6-10-18(17)21(27)25(23-19)16-7-3-2-4-8-16/h2-10,15H,11-14H2,1H3. The molecule has 3 aromatic rings. The van der Waals surface area contributed by atoms with E-state index in [-0.39, 0.29) is 17.2 Å². The third-order valence-corrected chi connectivity index (χ3v) is 4.95. The highest BCUT2D eigenvalue weighted by molar-refractivity contribution is 6.03. The first-order valence-electron chi connectivity index (χ1n) is 9.71. The number of hydrogen-bond acceptors (Lipinski definition) is 6. The Labute approximate surface area is 172 Å². The highest BCUT2D eigenvalue weighted by Crippen LogP contribution is 2.17. The molecule has 1 aromatic heterocycles. The van der Waals surface area contributed by atoms with Crippen LogP contribution in [0.15, 0.2) is 59.4 Å². The molecule has 1 fully saturated rings. The molecule has 1 aliphatic rings. The maximum absolute atomic E-state index is 13.0. The number of para-hydroxylation sites is 1. The molecule has 0 bridgehead atoms. The SMILES string of the molecule is CC(OC(=O)c1nn(-c2ccccc2)c(=O)c2ccccc12)C(=O)N1CCOCC1. The van der Waals surface area contributed by atoms with Gasteiger partial charge in [-0.3, -0.25) is 9.59 Å². The van der Waals surface area contributed by atoms with Crippen LogP contribution >= 0.6 is 0 Å². The second-order valence-corrected chi connectivity index (χ2v) is 6.93. The van der Waals surface area contributed by atoms with Gasteiger partial charge in [0.1, 0.15) is 0 Å². The summed E-state index contributed by atoms with van der Waals surface area (Å²) >= 11 is 0. The van der Waals surface area contributed by atoms with Crippen molar-refractivity contribution < 1.29 is 19.1 Å². The van der Waals surface area contributed by atoms with Crippen molar-refractivity contribution in [2.45, 2.75) is 13.0 Å². The number of fused-ring (bicyclic) bond motifs is 1. The third kappa shape index (κ3) is 3.81. The van der Waals surface area contributed by atoms with Crippen molar-refractivity contribution in [3.05, 3.63) is 70.6 Å². The van der Waals surface area contributed by atoms with Crippen molar-refractivity contribution in [2.24, 2.45) is 0 Å². The average molecular weight is 407 g/mol. The van der Waals surface area contributed by atoms with E-state index in [1.807, 2.05) is 6.07 Å². The lowest BCUT2D eigenvalue weighted by molar-refractivity contribution is -0.143. The first kappa shape index (κ1) is 19.8. The molecule has 4 rings (SSSR count). The minimum atomic E-state index is -0.978. The molecule has 0 radical (unpaired) electrons. The van der Waals surface area contributed by atoms with E-state index in [2.05, 4.69) is 5.10 Å². The molecule has 1 aliphatic heterocycles. The first-order valence-corrected chi connectivity index (χ1v) is 9.71. The van der Waals surface area contributed by atoms with Gasteiger partial charge in [-0.15, -0.1) is 0 Å². The van der Waals surface area contributed by atoms with Crippen LogP contribution in [0.25, 0.3) is 16.5 Å². The lowest BCUT2D eigenvalue weighted by Crippen LogP contribution is -2.46. The van der Waals surface area contributed by atoms with Gasteiger partial charge in [0.25, 0.3) is 11.5 Å². The van der Waals surface area contributed by atoms with E-state index in [4.69, 9.17) is 9.47 Å². The smallest absolute Gasteiger partial charge is 0.360 e. The van der Waals surface area contributed by atoms with Crippen molar-refractivity contribution in [3.8, 4) is 5.69 Å². The molecule has 30 heavy (non-hydrogen) atoms. The van der Waals surface area contributed by atoms with Crippen LogP contribution in [0, 0.1) is 0 Å². The number of nitrogens with zero attached hydrogens (tertiary/aromatic N) is 3. The minimum absolute atomic E-state index is 0.0179. The average Bonchev–Trinajstić information content (AvgIpc) is 2.80. The number of hydrogen-bond donors (Lipinski definition) is 0. The molecule has 1 unspecified atom stereocenters. The molecular formula is C22H21N3O5.